The van der Waals surface area contributed by atoms with Crippen molar-refractivity contribution in [1.29, 1.82) is 0 Å². The molecule has 0 bridgehead atoms. The lowest BCUT2D eigenvalue weighted by Crippen LogP contribution is -2.23. The molecule has 5 nitrogen and oxygen atoms in total. The summed E-state index contributed by atoms with van der Waals surface area (Å²) in [7, 11) is 0. The van der Waals surface area contributed by atoms with Gasteiger partial charge in [0.15, 0.2) is 11.6 Å². The van der Waals surface area contributed by atoms with Gasteiger partial charge in [-0.15, -0.1) is 0 Å². The van der Waals surface area contributed by atoms with Crippen LogP contribution in [-0.4, -0.2) is 16.1 Å². The predicted molar refractivity (Wildman–Crippen MR) is 96.4 cm³/mol. The van der Waals surface area contributed by atoms with Gasteiger partial charge in [-0.1, -0.05) is 30.3 Å². The number of hydrogen-bond donors (Lipinski definition) is 2. The summed E-state index contributed by atoms with van der Waals surface area (Å²) in [5.74, 6) is -0.555. The maximum Gasteiger partial charge on any atom is 0.272 e. The van der Waals surface area contributed by atoms with E-state index in [9.17, 15) is 9.18 Å². The molecule has 0 aliphatic heterocycles. The third kappa shape index (κ3) is 4.08. The first-order valence-electron chi connectivity index (χ1n) is 8.29. The Kier molecular flexibility index (Phi) is 5.31. The van der Waals surface area contributed by atoms with Gasteiger partial charge in [-0.2, -0.15) is 5.10 Å². The number of aromatic nitrogens is 2. The number of ether oxygens (including phenoxy) is 1. The molecule has 26 heavy (non-hydrogen) atoms. The van der Waals surface area contributed by atoms with Crippen LogP contribution in [0.15, 0.2) is 48.5 Å². The zero-order valence-electron chi connectivity index (χ0n) is 14.7. The Bertz CT molecular complexity index is 921. The van der Waals surface area contributed by atoms with Crippen LogP contribution in [0, 0.1) is 19.7 Å². The van der Waals surface area contributed by atoms with E-state index in [1.807, 2.05) is 32.0 Å². The minimum Gasteiger partial charge on any atom is -0.484 e. The molecular weight excluding hydrogens is 333 g/mol. The quantitative estimate of drug-likeness (QED) is 0.710. The number of halogens is 1. The Morgan fingerprint density at radius 3 is 2.81 bits per heavy atom. The standard InChI is InChI=1S/C20H20FN3O2/c1-13-6-5-7-15(14(13)2)11-22-20(25)18-10-16(23-24-18)12-26-19-9-4-3-8-17(19)21/h3-10H,11-12H2,1-2H3,(H,22,25)(H,23,24). The number of rotatable bonds is 6. The van der Waals surface area contributed by atoms with Crippen LogP contribution in [0.1, 0.15) is 32.9 Å². The average molecular weight is 353 g/mol. The number of carbonyl (C=O) groups excluding carboxylic acids is 1. The molecule has 1 heterocycles. The molecule has 0 spiro atoms. The summed E-state index contributed by atoms with van der Waals surface area (Å²) in [4.78, 5) is 12.3. The molecular formula is C20H20FN3O2. The Balaban J connectivity index is 1.58. The lowest BCUT2D eigenvalue weighted by molar-refractivity contribution is 0.0946. The molecule has 1 amide bonds. The molecule has 3 rings (SSSR count). The first-order chi connectivity index (χ1) is 12.5. The van der Waals surface area contributed by atoms with Gasteiger partial charge < -0.3 is 10.1 Å². The second kappa shape index (κ2) is 7.82. The first kappa shape index (κ1) is 17.7. The van der Waals surface area contributed by atoms with Crippen molar-refractivity contribution in [1.82, 2.24) is 15.5 Å². The van der Waals surface area contributed by atoms with E-state index in [0.29, 0.717) is 12.2 Å². The number of benzene rings is 2. The number of hydrogen-bond acceptors (Lipinski definition) is 3. The minimum atomic E-state index is -0.432. The van der Waals surface area contributed by atoms with Crippen LogP contribution in [0.3, 0.4) is 0 Å². The van der Waals surface area contributed by atoms with Crippen molar-refractivity contribution in [3.63, 3.8) is 0 Å². The fourth-order valence-corrected chi connectivity index (χ4v) is 2.54. The van der Waals surface area contributed by atoms with Crippen molar-refractivity contribution in [3.05, 3.63) is 82.4 Å². The van der Waals surface area contributed by atoms with Crippen molar-refractivity contribution in [3.8, 4) is 5.75 Å². The smallest absolute Gasteiger partial charge is 0.272 e. The summed E-state index contributed by atoms with van der Waals surface area (Å²) in [5, 5.41) is 9.59. The summed E-state index contributed by atoms with van der Waals surface area (Å²) < 4.78 is 18.9. The number of carbonyl (C=O) groups is 1. The van der Waals surface area contributed by atoms with Crippen molar-refractivity contribution in [2.75, 3.05) is 0 Å². The molecule has 0 aliphatic rings. The largest absolute Gasteiger partial charge is 0.484 e. The van der Waals surface area contributed by atoms with Crippen molar-refractivity contribution in [2.24, 2.45) is 0 Å². The lowest BCUT2D eigenvalue weighted by Gasteiger charge is -2.09. The number of aromatic amines is 1. The van der Waals surface area contributed by atoms with Crippen molar-refractivity contribution < 1.29 is 13.9 Å². The third-order valence-corrected chi connectivity index (χ3v) is 4.24. The van der Waals surface area contributed by atoms with Gasteiger partial charge in [-0.25, -0.2) is 4.39 Å². The second-order valence-electron chi connectivity index (χ2n) is 6.04. The molecule has 2 N–H and O–H groups in total. The average Bonchev–Trinajstić information content (AvgIpc) is 3.11. The summed E-state index contributed by atoms with van der Waals surface area (Å²) in [6.07, 6.45) is 0. The van der Waals surface area contributed by atoms with E-state index in [2.05, 4.69) is 15.5 Å². The number of nitrogens with zero attached hydrogens (tertiary/aromatic N) is 1. The number of H-pyrrole nitrogens is 1. The van der Waals surface area contributed by atoms with E-state index < -0.39 is 5.82 Å². The molecule has 134 valence electrons. The highest BCUT2D eigenvalue weighted by Gasteiger charge is 2.12. The third-order valence-electron chi connectivity index (χ3n) is 4.24. The lowest BCUT2D eigenvalue weighted by atomic mass is 10.0. The topological polar surface area (TPSA) is 67.0 Å². The molecule has 1 aromatic heterocycles. The molecule has 3 aromatic rings. The number of amides is 1. The molecule has 0 aliphatic carbocycles. The van der Waals surface area contributed by atoms with E-state index >= 15 is 0 Å². The highest BCUT2D eigenvalue weighted by molar-refractivity contribution is 5.92. The van der Waals surface area contributed by atoms with Gasteiger partial charge in [0, 0.05) is 6.54 Å². The van der Waals surface area contributed by atoms with Crippen molar-refractivity contribution in [2.45, 2.75) is 27.0 Å². The van der Waals surface area contributed by atoms with Crippen LogP contribution in [-0.2, 0) is 13.2 Å². The van der Waals surface area contributed by atoms with E-state index in [4.69, 9.17) is 4.74 Å². The molecule has 0 fully saturated rings. The van der Waals surface area contributed by atoms with Gasteiger partial charge >= 0.3 is 0 Å². The fraction of sp³-hybridized carbons (Fsp3) is 0.200. The summed E-state index contributed by atoms with van der Waals surface area (Å²) >= 11 is 0. The maximum absolute atomic E-state index is 13.5. The van der Waals surface area contributed by atoms with Crippen LogP contribution in [0.2, 0.25) is 0 Å². The van der Waals surface area contributed by atoms with E-state index in [1.54, 1.807) is 24.3 Å². The Hall–Kier alpha value is -3.15. The van der Waals surface area contributed by atoms with Crippen molar-refractivity contribution >= 4 is 5.91 Å². The number of aryl methyl sites for hydroxylation is 1. The minimum absolute atomic E-state index is 0.0954. The number of nitrogens with one attached hydrogen (secondary N) is 2. The summed E-state index contributed by atoms with van der Waals surface area (Å²) in [5.41, 5.74) is 4.27. The molecule has 0 unspecified atom stereocenters. The molecule has 0 saturated carbocycles. The maximum atomic E-state index is 13.5. The van der Waals surface area contributed by atoms with Crippen LogP contribution in [0.5, 0.6) is 5.75 Å². The Morgan fingerprint density at radius 2 is 2.00 bits per heavy atom. The van der Waals surface area contributed by atoms with Gasteiger partial charge in [-0.05, 0) is 48.7 Å². The van der Waals surface area contributed by atoms with Crippen LogP contribution in [0.4, 0.5) is 4.39 Å². The number of para-hydroxylation sites is 1. The molecule has 6 heteroatoms. The highest BCUT2D eigenvalue weighted by Crippen LogP contribution is 2.17. The van der Waals surface area contributed by atoms with Gasteiger partial charge in [-0.3, -0.25) is 9.89 Å². The fourth-order valence-electron chi connectivity index (χ4n) is 2.54. The molecule has 0 radical (unpaired) electrons. The summed E-state index contributed by atoms with van der Waals surface area (Å²) in [6, 6.07) is 13.7. The second-order valence-corrected chi connectivity index (χ2v) is 6.04. The normalized spacial score (nSPS) is 10.6. The zero-order valence-corrected chi connectivity index (χ0v) is 14.7. The SMILES string of the molecule is Cc1cccc(CNC(=O)c2cc(COc3ccccc3F)[nH]n2)c1C. The van der Waals surface area contributed by atoms with E-state index in [-0.39, 0.29) is 24.0 Å². The van der Waals surface area contributed by atoms with Crippen LogP contribution < -0.4 is 10.1 Å². The summed E-state index contributed by atoms with van der Waals surface area (Å²) in [6.45, 7) is 4.60. The Morgan fingerprint density at radius 1 is 1.19 bits per heavy atom. The van der Waals surface area contributed by atoms with Crippen LogP contribution >= 0.6 is 0 Å². The monoisotopic (exact) mass is 353 g/mol. The van der Waals surface area contributed by atoms with Gasteiger partial charge in [0.1, 0.15) is 12.3 Å². The van der Waals surface area contributed by atoms with E-state index in [0.717, 1.165) is 11.1 Å². The van der Waals surface area contributed by atoms with Gasteiger partial charge in [0.25, 0.3) is 5.91 Å². The van der Waals surface area contributed by atoms with Gasteiger partial charge in [0.2, 0.25) is 0 Å². The molecule has 0 saturated heterocycles. The first-order valence-corrected chi connectivity index (χ1v) is 8.29. The Labute approximate surface area is 151 Å². The van der Waals surface area contributed by atoms with Gasteiger partial charge in [0.05, 0.1) is 5.69 Å². The molecule has 2 aromatic carbocycles. The molecule has 0 atom stereocenters. The predicted octanol–water partition coefficient (Wildman–Crippen LogP) is 3.67. The van der Waals surface area contributed by atoms with E-state index in [1.165, 1.54) is 11.6 Å². The zero-order chi connectivity index (χ0) is 18.5. The highest BCUT2D eigenvalue weighted by atomic mass is 19.1. The van der Waals surface area contributed by atoms with Crippen LogP contribution in [0.25, 0.3) is 0 Å².